The Bertz CT molecular complexity index is 851. The van der Waals surface area contributed by atoms with Crippen LogP contribution in [0.1, 0.15) is 31.2 Å². The maximum absolute atomic E-state index is 14.9. The number of hydrogen-bond acceptors (Lipinski definition) is 5. The summed E-state index contributed by atoms with van der Waals surface area (Å²) in [6.07, 6.45) is -0.276. The number of nitrogens with two attached hydrogens (primary N) is 1. The Morgan fingerprint density at radius 1 is 1.27 bits per heavy atom. The fourth-order valence-electron chi connectivity index (χ4n) is 4.67. The summed E-state index contributed by atoms with van der Waals surface area (Å²) in [5, 5.41) is 2.71. The lowest BCUT2D eigenvalue weighted by atomic mass is 10.0. The summed E-state index contributed by atoms with van der Waals surface area (Å²) in [4.78, 5) is 38.1. The average molecular weight is 418 g/mol. The molecule has 8 nitrogen and oxygen atoms in total. The molecular weight excluding hydrogens is 391 g/mol. The van der Waals surface area contributed by atoms with Crippen molar-refractivity contribution in [2.24, 2.45) is 17.6 Å². The lowest BCUT2D eigenvalue weighted by Gasteiger charge is -2.19. The summed E-state index contributed by atoms with van der Waals surface area (Å²) in [5.41, 5.74) is 6.35. The SMILES string of the molecule is CCC(=O)NC[C@H]1CN(c2ccc(C3C4CN(CCC(N)=O)CC43)c(F)c2)C(=O)O1. The van der Waals surface area contributed by atoms with E-state index in [4.69, 9.17) is 10.5 Å². The van der Waals surface area contributed by atoms with Gasteiger partial charge in [0.1, 0.15) is 11.9 Å². The van der Waals surface area contributed by atoms with Crippen LogP contribution < -0.4 is 16.0 Å². The minimum atomic E-state index is -0.536. The van der Waals surface area contributed by atoms with Crippen LogP contribution in [0.3, 0.4) is 0 Å². The average Bonchev–Trinajstić information content (AvgIpc) is 3.03. The molecule has 2 heterocycles. The number of amides is 3. The zero-order valence-electron chi connectivity index (χ0n) is 17.0. The normalized spacial score (nSPS) is 27.7. The van der Waals surface area contributed by atoms with Gasteiger partial charge in [-0.15, -0.1) is 0 Å². The van der Waals surface area contributed by atoms with Crippen LogP contribution in [0.25, 0.3) is 0 Å². The molecule has 3 amide bonds. The molecule has 0 radical (unpaired) electrons. The summed E-state index contributed by atoms with van der Waals surface area (Å²) < 4.78 is 20.1. The van der Waals surface area contributed by atoms with Gasteiger partial charge in [-0.25, -0.2) is 9.18 Å². The molecule has 30 heavy (non-hydrogen) atoms. The van der Waals surface area contributed by atoms with E-state index in [0.717, 1.165) is 13.1 Å². The van der Waals surface area contributed by atoms with E-state index in [1.807, 2.05) is 0 Å². The first-order chi connectivity index (χ1) is 14.4. The third kappa shape index (κ3) is 4.12. The van der Waals surface area contributed by atoms with E-state index in [1.165, 1.54) is 11.0 Å². The Labute approximate surface area is 174 Å². The number of cyclic esters (lactones) is 1. The second-order valence-corrected chi connectivity index (χ2v) is 8.31. The molecule has 4 rings (SSSR count). The number of ether oxygens (including phenoxy) is 1. The van der Waals surface area contributed by atoms with Gasteiger partial charge in [0.05, 0.1) is 18.8 Å². The Balaban J connectivity index is 1.34. The molecule has 1 saturated carbocycles. The van der Waals surface area contributed by atoms with Crippen LogP contribution in [0.5, 0.6) is 0 Å². The maximum atomic E-state index is 14.9. The lowest BCUT2D eigenvalue weighted by Crippen LogP contribution is -2.34. The first kappa shape index (κ1) is 20.6. The number of benzene rings is 1. The van der Waals surface area contributed by atoms with Crippen molar-refractivity contribution in [1.29, 1.82) is 0 Å². The number of primary amides is 1. The zero-order chi connectivity index (χ0) is 21.4. The maximum Gasteiger partial charge on any atom is 0.414 e. The highest BCUT2D eigenvalue weighted by atomic mass is 19.1. The highest BCUT2D eigenvalue weighted by Gasteiger charge is 2.56. The number of nitrogens with one attached hydrogen (secondary N) is 1. The van der Waals surface area contributed by atoms with Crippen molar-refractivity contribution < 1.29 is 23.5 Å². The molecule has 3 aliphatic rings. The molecule has 1 aromatic carbocycles. The van der Waals surface area contributed by atoms with E-state index in [0.29, 0.717) is 42.5 Å². The molecule has 0 aromatic heterocycles. The van der Waals surface area contributed by atoms with Gasteiger partial charge < -0.3 is 20.7 Å². The predicted molar refractivity (Wildman–Crippen MR) is 107 cm³/mol. The number of nitrogens with zero attached hydrogens (tertiary/aromatic N) is 2. The predicted octanol–water partition coefficient (Wildman–Crippen LogP) is 1.20. The molecule has 0 bridgehead atoms. The van der Waals surface area contributed by atoms with Gasteiger partial charge in [-0.1, -0.05) is 13.0 Å². The molecule has 2 saturated heterocycles. The molecule has 0 spiro atoms. The Morgan fingerprint density at radius 3 is 2.63 bits per heavy atom. The zero-order valence-corrected chi connectivity index (χ0v) is 17.0. The monoisotopic (exact) mass is 418 g/mol. The van der Waals surface area contributed by atoms with Crippen molar-refractivity contribution in [3.63, 3.8) is 0 Å². The molecule has 3 N–H and O–H groups in total. The Hall–Kier alpha value is -2.68. The fraction of sp³-hybridized carbons (Fsp3) is 0.571. The summed E-state index contributed by atoms with van der Waals surface area (Å²) in [5.74, 6) is 0.271. The molecule has 9 heteroatoms. The number of fused-ring (bicyclic) bond motifs is 1. The largest absolute Gasteiger partial charge is 0.442 e. The molecule has 162 valence electrons. The van der Waals surface area contributed by atoms with Crippen LogP contribution in [0.2, 0.25) is 0 Å². The third-order valence-electron chi connectivity index (χ3n) is 6.32. The number of piperidine rings is 1. The quantitative estimate of drug-likeness (QED) is 0.660. The van der Waals surface area contributed by atoms with Crippen LogP contribution in [-0.4, -0.2) is 61.6 Å². The van der Waals surface area contributed by atoms with Crippen molar-refractivity contribution in [3.05, 3.63) is 29.6 Å². The van der Waals surface area contributed by atoms with E-state index in [1.54, 1.807) is 19.1 Å². The number of anilines is 1. The third-order valence-corrected chi connectivity index (χ3v) is 6.32. The van der Waals surface area contributed by atoms with Gasteiger partial charge in [-0.3, -0.25) is 14.5 Å². The van der Waals surface area contributed by atoms with E-state index in [2.05, 4.69) is 10.2 Å². The summed E-state index contributed by atoms with van der Waals surface area (Å²) in [6.45, 7) is 4.63. The van der Waals surface area contributed by atoms with Gasteiger partial charge >= 0.3 is 6.09 Å². The molecule has 3 atom stereocenters. The van der Waals surface area contributed by atoms with Gasteiger partial charge in [-0.2, -0.15) is 0 Å². The number of likely N-dealkylation sites (tertiary alicyclic amines) is 1. The second kappa shape index (κ2) is 8.22. The van der Waals surface area contributed by atoms with E-state index < -0.39 is 12.2 Å². The molecule has 1 aliphatic carbocycles. The van der Waals surface area contributed by atoms with Crippen molar-refractivity contribution in [2.75, 3.05) is 37.6 Å². The summed E-state index contributed by atoms with van der Waals surface area (Å²) in [6, 6.07) is 4.91. The number of hydrogen-bond donors (Lipinski definition) is 2. The van der Waals surface area contributed by atoms with Gasteiger partial charge in [0.15, 0.2) is 0 Å². The molecule has 2 aliphatic heterocycles. The summed E-state index contributed by atoms with van der Waals surface area (Å²) in [7, 11) is 0. The van der Waals surface area contributed by atoms with Crippen molar-refractivity contribution in [2.45, 2.75) is 31.8 Å². The van der Waals surface area contributed by atoms with Crippen molar-refractivity contribution in [1.82, 2.24) is 10.2 Å². The minimum Gasteiger partial charge on any atom is -0.442 e. The molecule has 1 aromatic rings. The number of carbonyl (C=O) groups excluding carboxylic acids is 3. The second-order valence-electron chi connectivity index (χ2n) is 8.31. The van der Waals surface area contributed by atoms with Gasteiger partial charge in [0.25, 0.3) is 0 Å². The highest BCUT2D eigenvalue weighted by Crippen LogP contribution is 2.58. The van der Waals surface area contributed by atoms with E-state index >= 15 is 0 Å². The van der Waals surface area contributed by atoms with Crippen LogP contribution in [0, 0.1) is 17.7 Å². The van der Waals surface area contributed by atoms with Crippen LogP contribution >= 0.6 is 0 Å². The first-order valence-electron chi connectivity index (χ1n) is 10.4. The lowest BCUT2D eigenvalue weighted by molar-refractivity contribution is -0.121. The van der Waals surface area contributed by atoms with Gasteiger partial charge in [0.2, 0.25) is 11.8 Å². The summed E-state index contributed by atoms with van der Waals surface area (Å²) >= 11 is 0. The van der Waals surface area contributed by atoms with Gasteiger partial charge in [0, 0.05) is 32.5 Å². The number of halogens is 1. The molecular formula is C21H27FN4O4. The molecule has 3 fully saturated rings. The number of rotatable bonds is 8. The van der Waals surface area contributed by atoms with Crippen LogP contribution in [0.15, 0.2) is 18.2 Å². The molecule has 2 unspecified atom stereocenters. The Morgan fingerprint density at radius 2 is 2.00 bits per heavy atom. The van der Waals surface area contributed by atoms with Crippen molar-refractivity contribution >= 4 is 23.6 Å². The van der Waals surface area contributed by atoms with E-state index in [-0.39, 0.29) is 36.6 Å². The minimum absolute atomic E-state index is 0.108. The van der Waals surface area contributed by atoms with E-state index in [9.17, 15) is 18.8 Å². The van der Waals surface area contributed by atoms with Crippen LogP contribution in [0.4, 0.5) is 14.9 Å². The smallest absolute Gasteiger partial charge is 0.414 e. The topological polar surface area (TPSA) is 105 Å². The van der Waals surface area contributed by atoms with Crippen LogP contribution in [-0.2, 0) is 14.3 Å². The van der Waals surface area contributed by atoms with Crippen molar-refractivity contribution in [3.8, 4) is 0 Å². The van der Waals surface area contributed by atoms with Gasteiger partial charge in [-0.05, 0) is 35.4 Å². The standard InChI is InChI=1S/C21H27FN4O4/c1-2-19(28)24-8-13-9-26(21(29)30-13)12-3-4-14(17(22)7-12)20-15-10-25(11-16(15)20)6-5-18(23)27/h3-4,7,13,15-16,20H,2,5-6,8-11H2,1H3,(H2,23,27)(H,24,28)/t13-,15?,16?,20?/m0/s1. The Kier molecular flexibility index (Phi) is 5.64. The highest BCUT2D eigenvalue weighted by molar-refractivity contribution is 5.90. The number of carbonyl (C=O) groups is 3. The fourth-order valence-corrected chi connectivity index (χ4v) is 4.67. The first-order valence-corrected chi connectivity index (χ1v) is 10.4.